The summed E-state index contributed by atoms with van der Waals surface area (Å²) < 4.78 is 6.48. The molecule has 156 valence electrons. The highest BCUT2D eigenvalue weighted by Gasteiger charge is 2.15. The summed E-state index contributed by atoms with van der Waals surface area (Å²) >= 11 is 0. The standard InChI is InChI=1S/C21H13N7O4/c29-18-11-10-16(19-23-26-28(25-19)15-8-6-14(7-9-15)20(30)31)24-27(18)21-22-17(12-32-21)13-4-2-1-3-5-13/h1-12H,(H,30,31). The molecular weight excluding hydrogens is 414 g/mol. The van der Waals surface area contributed by atoms with Crippen LogP contribution in [0.3, 0.4) is 0 Å². The summed E-state index contributed by atoms with van der Waals surface area (Å²) in [6.07, 6.45) is 1.45. The first-order valence-electron chi connectivity index (χ1n) is 9.34. The fraction of sp³-hybridized carbons (Fsp3) is 0. The average Bonchev–Trinajstić information content (AvgIpc) is 3.51. The molecule has 32 heavy (non-hydrogen) atoms. The van der Waals surface area contributed by atoms with Crippen LogP contribution in [-0.4, -0.2) is 46.0 Å². The molecule has 3 heterocycles. The van der Waals surface area contributed by atoms with E-state index in [0.29, 0.717) is 11.4 Å². The maximum absolute atomic E-state index is 12.4. The molecule has 0 aliphatic rings. The minimum absolute atomic E-state index is 0.00681. The van der Waals surface area contributed by atoms with Gasteiger partial charge in [0.05, 0.1) is 11.3 Å². The van der Waals surface area contributed by atoms with Gasteiger partial charge in [0.25, 0.3) is 5.56 Å². The number of rotatable bonds is 5. The second-order valence-corrected chi connectivity index (χ2v) is 6.60. The Balaban J connectivity index is 1.47. The number of carboxylic acids is 1. The number of hydrogen-bond acceptors (Lipinski definition) is 8. The number of carbonyl (C=O) groups is 1. The van der Waals surface area contributed by atoms with Gasteiger partial charge in [0.1, 0.15) is 17.7 Å². The van der Waals surface area contributed by atoms with Crippen molar-refractivity contribution < 1.29 is 14.3 Å². The maximum Gasteiger partial charge on any atom is 0.335 e. The van der Waals surface area contributed by atoms with Gasteiger partial charge in [-0.1, -0.05) is 30.3 Å². The lowest BCUT2D eigenvalue weighted by Crippen LogP contribution is -2.20. The number of benzene rings is 2. The van der Waals surface area contributed by atoms with Gasteiger partial charge in [-0.05, 0) is 35.5 Å². The first-order chi connectivity index (χ1) is 15.6. The van der Waals surface area contributed by atoms with Crippen molar-refractivity contribution in [1.29, 1.82) is 0 Å². The largest absolute Gasteiger partial charge is 0.478 e. The highest BCUT2D eigenvalue weighted by atomic mass is 16.4. The van der Waals surface area contributed by atoms with Crippen LogP contribution in [-0.2, 0) is 0 Å². The van der Waals surface area contributed by atoms with Crippen LogP contribution in [0.15, 0.2) is 82.2 Å². The minimum atomic E-state index is -1.03. The molecule has 1 N–H and O–H groups in total. The number of hydrogen-bond donors (Lipinski definition) is 1. The highest BCUT2D eigenvalue weighted by Crippen LogP contribution is 2.19. The van der Waals surface area contributed by atoms with Crippen LogP contribution in [0.4, 0.5) is 0 Å². The lowest BCUT2D eigenvalue weighted by atomic mass is 10.2. The van der Waals surface area contributed by atoms with Crippen LogP contribution < -0.4 is 5.56 Å². The zero-order valence-electron chi connectivity index (χ0n) is 16.2. The molecule has 0 aliphatic heterocycles. The van der Waals surface area contributed by atoms with Gasteiger partial charge in [0, 0.05) is 11.6 Å². The van der Waals surface area contributed by atoms with Crippen LogP contribution in [0.1, 0.15) is 10.4 Å². The van der Waals surface area contributed by atoms with E-state index in [4.69, 9.17) is 9.52 Å². The summed E-state index contributed by atoms with van der Waals surface area (Å²) in [5, 5.41) is 25.5. The molecule has 0 atom stereocenters. The molecule has 0 fully saturated rings. The molecule has 11 heteroatoms. The average molecular weight is 427 g/mol. The maximum atomic E-state index is 12.4. The summed E-state index contributed by atoms with van der Waals surface area (Å²) in [6.45, 7) is 0. The summed E-state index contributed by atoms with van der Waals surface area (Å²) in [5.41, 5.74) is 1.90. The van der Waals surface area contributed by atoms with Gasteiger partial charge in [-0.2, -0.15) is 10.1 Å². The third kappa shape index (κ3) is 3.54. The van der Waals surface area contributed by atoms with Crippen molar-refractivity contribution in [1.82, 2.24) is 35.0 Å². The predicted molar refractivity (Wildman–Crippen MR) is 110 cm³/mol. The number of nitrogens with zero attached hydrogens (tertiary/aromatic N) is 7. The first kappa shape index (κ1) is 19.1. The second-order valence-electron chi connectivity index (χ2n) is 6.60. The molecule has 0 aliphatic carbocycles. The third-order valence-corrected chi connectivity index (χ3v) is 4.53. The van der Waals surface area contributed by atoms with E-state index < -0.39 is 11.5 Å². The lowest BCUT2D eigenvalue weighted by molar-refractivity contribution is 0.0697. The topological polar surface area (TPSA) is 142 Å². The van der Waals surface area contributed by atoms with Crippen molar-refractivity contribution >= 4 is 5.97 Å². The van der Waals surface area contributed by atoms with Gasteiger partial charge >= 0.3 is 12.0 Å². The van der Waals surface area contributed by atoms with Gasteiger partial charge in [0.15, 0.2) is 0 Å². The number of aromatic nitrogens is 7. The van der Waals surface area contributed by atoms with Crippen LogP contribution >= 0.6 is 0 Å². The van der Waals surface area contributed by atoms with Crippen LogP contribution in [0.2, 0.25) is 0 Å². The molecule has 11 nitrogen and oxygen atoms in total. The Morgan fingerprint density at radius 3 is 2.44 bits per heavy atom. The van der Waals surface area contributed by atoms with Crippen molar-refractivity contribution in [2.75, 3.05) is 0 Å². The molecule has 0 saturated carbocycles. The van der Waals surface area contributed by atoms with Gasteiger partial charge in [-0.15, -0.1) is 19.7 Å². The van der Waals surface area contributed by atoms with Crippen molar-refractivity contribution in [3.8, 4) is 34.5 Å². The Labute approximate surface area is 179 Å². The summed E-state index contributed by atoms with van der Waals surface area (Å²) in [5.74, 6) is -0.867. The van der Waals surface area contributed by atoms with Gasteiger partial charge < -0.3 is 9.52 Å². The molecule has 5 rings (SSSR count). The Morgan fingerprint density at radius 1 is 0.906 bits per heavy atom. The molecule has 0 saturated heterocycles. The summed E-state index contributed by atoms with van der Waals surface area (Å²) in [4.78, 5) is 28.9. The Bertz CT molecular complexity index is 1470. The van der Waals surface area contributed by atoms with E-state index >= 15 is 0 Å². The monoisotopic (exact) mass is 427 g/mol. The molecule has 0 spiro atoms. The Hall–Kier alpha value is -4.93. The van der Waals surface area contributed by atoms with E-state index in [1.54, 1.807) is 12.1 Å². The van der Waals surface area contributed by atoms with Crippen LogP contribution in [0.5, 0.6) is 0 Å². The number of carboxylic acid groups (broad SMARTS) is 1. The van der Waals surface area contributed by atoms with Crippen LogP contribution in [0, 0.1) is 0 Å². The molecule has 5 aromatic rings. The molecular formula is C21H13N7O4. The molecule has 0 unspecified atom stereocenters. The van der Waals surface area contributed by atoms with E-state index in [1.807, 2.05) is 30.3 Å². The number of tetrazole rings is 1. The Morgan fingerprint density at radius 2 is 1.69 bits per heavy atom. The van der Waals surface area contributed by atoms with Crippen molar-refractivity contribution in [3.63, 3.8) is 0 Å². The first-order valence-corrected chi connectivity index (χ1v) is 9.34. The highest BCUT2D eigenvalue weighted by molar-refractivity contribution is 5.87. The van der Waals surface area contributed by atoms with E-state index in [9.17, 15) is 9.59 Å². The van der Waals surface area contributed by atoms with E-state index in [2.05, 4.69) is 25.5 Å². The van der Waals surface area contributed by atoms with Gasteiger partial charge in [-0.25, -0.2) is 4.79 Å². The molecule has 3 aromatic heterocycles. The van der Waals surface area contributed by atoms with Gasteiger partial charge in [0.2, 0.25) is 5.82 Å². The van der Waals surface area contributed by atoms with E-state index in [1.165, 1.54) is 35.3 Å². The van der Waals surface area contributed by atoms with E-state index in [0.717, 1.165) is 10.2 Å². The zero-order valence-corrected chi connectivity index (χ0v) is 16.2. The van der Waals surface area contributed by atoms with Gasteiger partial charge in [-0.3, -0.25) is 4.79 Å². The quantitative estimate of drug-likeness (QED) is 0.447. The summed E-state index contributed by atoms with van der Waals surface area (Å²) in [6, 6.07) is 18.1. The minimum Gasteiger partial charge on any atom is -0.478 e. The number of oxazole rings is 1. The zero-order chi connectivity index (χ0) is 22.1. The van der Waals surface area contributed by atoms with Crippen molar-refractivity contribution in [2.45, 2.75) is 0 Å². The molecule has 0 radical (unpaired) electrons. The van der Waals surface area contributed by atoms with Crippen molar-refractivity contribution in [3.05, 3.63) is 88.9 Å². The third-order valence-electron chi connectivity index (χ3n) is 4.53. The lowest BCUT2D eigenvalue weighted by Gasteiger charge is -2.00. The second kappa shape index (κ2) is 7.72. The Kier molecular flexibility index (Phi) is 4.60. The van der Waals surface area contributed by atoms with E-state index in [-0.39, 0.29) is 23.1 Å². The summed E-state index contributed by atoms with van der Waals surface area (Å²) in [7, 11) is 0. The fourth-order valence-electron chi connectivity index (χ4n) is 2.93. The fourth-order valence-corrected chi connectivity index (χ4v) is 2.93. The predicted octanol–water partition coefficient (Wildman–Crippen LogP) is 2.23. The molecule has 2 aromatic carbocycles. The van der Waals surface area contributed by atoms with Crippen molar-refractivity contribution in [2.24, 2.45) is 0 Å². The normalized spacial score (nSPS) is 10.9. The smallest absolute Gasteiger partial charge is 0.335 e. The van der Waals surface area contributed by atoms with Crippen LogP contribution in [0.25, 0.3) is 34.5 Å². The number of aromatic carboxylic acids is 1. The molecule has 0 bridgehead atoms. The SMILES string of the molecule is O=C(O)c1ccc(-n2nnc(-c3ccc(=O)n(-c4nc(-c5ccccc5)co4)n3)n2)cc1. The molecule has 0 amide bonds.